The van der Waals surface area contributed by atoms with Crippen molar-refractivity contribution in [1.82, 2.24) is 4.90 Å². The van der Waals surface area contributed by atoms with Crippen molar-refractivity contribution in [1.29, 1.82) is 5.41 Å². The van der Waals surface area contributed by atoms with Crippen molar-refractivity contribution in [2.24, 2.45) is 11.8 Å². The zero-order valence-electron chi connectivity index (χ0n) is 19.7. The SMILES string of the molecule is CC(=N)/C(C(=O)N1CCC(CC2CC(=O)C(c3c(C)cc(C)cc3C)C2=O)CC1)=C(/C)O. The standard InChI is InChI=1S/C26H34N2O4/c1-14-10-15(2)22(16(3)11-14)24-21(30)13-20(25(24)31)12-19-6-8-28(9-7-19)26(32)23(17(4)27)18(5)29/h10-11,19-20,24,27,29H,6-9,12-13H2,1-5H3/b23-18+,27-17?. The molecule has 2 N–H and O–H groups in total. The van der Waals surface area contributed by atoms with Crippen molar-refractivity contribution in [3.8, 4) is 0 Å². The summed E-state index contributed by atoms with van der Waals surface area (Å²) in [6.45, 7) is 9.95. The van der Waals surface area contributed by atoms with E-state index in [2.05, 4.69) is 0 Å². The molecular weight excluding hydrogens is 404 g/mol. The predicted octanol–water partition coefficient (Wildman–Crippen LogP) is 4.35. The molecule has 0 radical (unpaired) electrons. The molecule has 0 aromatic heterocycles. The molecule has 0 spiro atoms. The van der Waals surface area contributed by atoms with Gasteiger partial charge in [0.15, 0.2) is 5.78 Å². The lowest BCUT2D eigenvalue weighted by atomic mass is 9.83. The molecule has 2 aliphatic rings. The largest absolute Gasteiger partial charge is 0.512 e. The molecule has 1 aliphatic carbocycles. The number of aliphatic hydroxyl groups excluding tert-OH is 1. The first-order chi connectivity index (χ1) is 15.0. The third-order valence-corrected chi connectivity index (χ3v) is 6.95. The van der Waals surface area contributed by atoms with Gasteiger partial charge in [-0.05, 0) is 76.5 Å². The van der Waals surface area contributed by atoms with Gasteiger partial charge in [0.1, 0.15) is 17.5 Å². The molecule has 32 heavy (non-hydrogen) atoms. The molecule has 1 saturated carbocycles. The lowest BCUT2D eigenvalue weighted by Crippen LogP contribution is -2.41. The molecule has 2 fully saturated rings. The number of rotatable bonds is 5. The topological polar surface area (TPSA) is 98.5 Å². The molecule has 2 unspecified atom stereocenters. The number of carbonyl (C=O) groups excluding carboxylic acids is 3. The Morgan fingerprint density at radius 3 is 2.16 bits per heavy atom. The third kappa shape index (κ3) is 4.69. The lowest BCUT2D eigenvalue weighted by Gasteiger charge is -2.33. The molecular formula is C26H34N2O4. The van der Waals surface area contributed by atoms with Gasteiger partial charge in [-0.2, -0.15) is 0 Å². The van der Waals surface area contributed by atoms with Gasteiger partial charge in [-0.25, -0.2) is 0 Å². The second-order valence-electron chi connectivity index (χ2n) is 9.57. The minimum Gasteiger partial charge on any atom is -0.512 e. The van der Waals surface area contributed by atoms with Crippen molar-refractivity contribution in [2.45, 2.75) is 66.2 Å². The molecule has 172 valence electrons. The summed E-state index contributed by atoms with van der Waals surface area (Å²) in [6, 6.07) is 4.07. The van der Waals surface area contributed by atoms with Gasteiger partial charge in [0, 0.05) is 31.1 Å². The normalized spacial score (nSPS) is 22.8. The molecule has 1 aromatic carbocycles. The van der Waals surface area contributed by atoms with E-state index in [1.54, 1.807) is 4.90 Å². The second kappa shape index (κ2) is 9.39. The summed E-state index contributed by atoms with van der Waals surface area (Å²) in [5, 5.41) is 17.5. The number of piperidine rings is 1. The van der Waals surface area contributed by atoms with E-state index in [1.807, 2.05) is 32.9 Å². The summed E-state index contributed by atoms with van der Waals surface area (Å²) >= 11 is 0. The predicted molar refractivity (Wildman–Crippen MR) is 124 cm³/mol. The number of aliphatic hydroxyl groups is 1. The highest BCUT2D eigenvalue weighted by Crippen LogP contribution is 2.40. The van der Waals surface area contributed by atoms with Crippen molar-refractivity contribution in [3.63, 3.8) is 0 Å². The lowest BCUT2D eigenvalue weighted by molar-refractivity contribution is -0.129. The Hall–Kier alpha value is -2.76. The van der Waals surface area contributed by atoms with Crippen LogP contribution in [0, 0.1) is 38.0 Å². The number of carbonyl (C=O) groups is 3. The zero-order chi connectivity index (χ0) is 23.7. The number of aryl methyl sites for hydroxylation is 3. The van der Waals surface area contributed by atoms with Crippen molar-refractivity contribution in [2.75, 3.05) is 13.1 Å². The first-order valence-corrected chi connectivity index (χ1v) is 11.4. The summed E-state index contributed by atoms with van der Waals surface area (Å²) < 4.78 is 0. The fraction of sp³-hybridized carbons (Fsp3) is 0.538. The van der Waals surface area contributed by atoms with E-state index in [1.165, 1.54) is 13.8 Å². The van der Waals surface area contributed by atoms with Gasteiger partial charge < -0.3 is 15.4 Å². The maximum atomic E-state index is 13.2. The van der Waals surface area contributed by atoms with Gasteiger partial charge in [0.2, 0.25) is 0 Å². The number of nitrogens with zero attached hydrogens (tertiary/aromatic N) is 1. The van der Waals surface area contributed by atoms with Crippen LogP contribution in [0.25, 0.3) is 0 Å². The fourth-order valence-corrected chi connectivity index (χ4v) is 5.52. The van der Waals surface area contributed by atoms with Gasteiger partial charge in [-0.3, -0.25) is 14.4 Å². The van der Waals surface area contributed by atoms with E-state index >= 15 is 0 Å². The highest BCUT2D eigenvalue weighted by atomic mass is 16.3. The monoisotopic (exact) mass is 438 g/mol. The van der Waals surface area contributed by atoms with Crippen LogP contribution < -0.4 is 0 Å². The van der Waals surface area contributed by atoms with Crippen LogP contribution in [0.3, 0.4) is 0 Å². The Morgan fingerprint density at radius 1 is 1.09 bits per heavy atom. The van der Waals surface area contributed by atoms with Crippen LogP contribution in [0.4, 0.5) is 0 Å². The molecule has 6 nitrogen and oxygen atoms in total. The molecule has 1 amide bonds. The fourth-order valence-electron chi connectivity index (χ4n) is 5.52. The first-order valence-electron chi connectivity index (χ1n) is 11.4. The van der Waals surface area contributed by atoms with Gasteiger partial charge >= 0.3 is 0 Å². The average molecular weight is 439 g/mol. The van der Waals surface area contributed by atoms with Crippen molar-refractivity contribution >= 4 is 23.2 Å². The molecule has 6 heteroatoms. The van der Waals surface area contributed by atoms with Crippen LogP contribution >= 0.6 is 0 Å². The van der Waals surface area contributed by atoms with Gasteiger partial charge in [0.05, 0.1) is 5.57 Å². The molecule has 1 saturated heterocycles. The highest BCUT2D eigenvalue weighted by Gasteiger charge is 2.44. The second-order valence-corrected chi connectivity index (χ2v) is 9.57. The Balaban J connectivity index is 1.65. The quantitative estimate of drug-likeness (QED) is 0.309. The molecule has 1 aromatic rings. The number of likely N-dealkylation sites (tertiary alicyclic amines) is 1. The van der Waals surface area contributed by atoms with Crippen LogP contribution in [-0.2, 0) is 14.4 Å². The summed E-state index contributed by atoms with van der Waals surface area (Å²) in [5.41, 5.74) is 4.14. The Morgan fingerprint density at radius 2 is 1.66 bits per heavy atom. The van der Waals surface area contributed by atoms with Crippen LogP contribution in [0.2, 0.25) is 0 Å². The Kier molecular flexibility index (Phi) is 7.01. The van der Waals surface area contributed by atoms with Crippen LogP contribution in [0.15, 0.2) is 23.5 Å². The molecule has 0 bridgehead atoms. The third-order valence-electron chi connectivity index (χ3n) is 6.95. The number of amides is 1. The van der Waals surface area contributed by atoms with E-state index in [0.29, 0.717) is 25.9 Å². The number of hydrogen-bond acceptors (Lipinski definition) is 5. The van der Waals surface area contributed by atoms with Crippen molar-refractivity contribution in [3.05, 3.63) is 45.7 Å². The Bertz CT molecular complexity index is 972. The Labute approximate surface area is 190 Å². The van der Waals surface area contributed by atoms with Crippen LogP contribution in [-0.4, -0.2) is 46.3 Å². The number of ketones is 2. The number of allylic oxidation sites excluding steroid dienone is 1. The number of benzene rings is 1. The number of hydrogen-bond donors (Lipinski definition) is 2. The molecule has 1 heterocycles. The average Bonchev–Trinajstić information content (AvgIpc) is 2.95. The molecule has 1 aliphatic heterocycles. The highest BCUT2D eigenvalue weighted by molar-refractivity contribution is 6.19. The van der Waals surface area contributed by atoms with E-state index in [4.69, 9.17) is 5.41 Å². The van der Waals surface area contributed by atoms with Gasteiger partial charge in [-0.1, -0.05) is 17.7 Å². The minimum atomic E-state index is -0.641. The van der Waals surface area contributed by atoms with Crippen LogP contribution in [0.1, 0.15) is 67.7 Å². The summed E-state index contributed by atoms with van der Waals surface area (Å²) in [6.07, 6.45) is 2.49. The zero-order valence-corrected chi connectivity index (χ0v) is 19.7. The first kappa shape index (κ1) is 23.9. The summed E-state index contributed by atoms with van der Waals surface area (Å²) in [5.74, 6) is -0.984. The molecule has 3 rings (SSSR count). The maximum absolute atomic E-state index is 13.2. The smallest absolute Gasteiger partial charge is 0.259 e. The van der Waals surface area contributed by atoms with Crippen LogP contribution in [0.5, 0.6) is 0 Å². The number of Topliss-reactive ketones (excluding diaryl/α,β-unsaturated/α-hetero) is 2. The van der Waals surface area contributed by atoms with E-state index < -0.39 is 5.92 Å². The van der Waals surface area contributed by atoms with E-state index in [9.17, 15) is 19.5 Å². The van der Waals surface area contributed by atoms with E-state index in [-0.39, 0.29) is 46.4 Å². The number of nitrogens with one attached hydrogen (secondary N) is 1. The van der Waals surface area contributed by atoms with Gasteiger partial charge in [0.25, 0.3) is 5.91 Å². The maximum Gasteiger partial charge on any atom is 0.259 e. The minimum absolute atomic E-state index is 0.0253. The summed E-state index contributed by atoms with van der Waals surface area (Å²) in [4.78, 5) is 40.5. The summed E-state index contributed by atoms with van der Waals surface area (Å²) in [7, 11) is 0. The van der Waals surface area contributed by atoms with Crippen molar-refractivity contribution < 1.29 is 19.5 Å². The van der Waals surface area contributed by atoms with Gasteiger partial charge in [-0.15, -0.1) is 0 Å². The van der Waals surface area contributed by atoms with E-state index in [0.717, 1.165) is 35.1 Å². The molecule has 2 atom stereocenters.